The van der Waals surface area contributed by atoms with Crippen molar-refractivity contribution in [1.29, 1.82) is 0 Å². The molecule has 5 nitrogen and oxygen atoms in total. The highest BCUT2D eigenvalue weighted by Gasteiger charge is 2.68. The lowest BCUT2D eigenvalue weighted by Gasteiger charge is -2.69. The Bertz CT molecular complexity index is 864. The zero-order valence-electron chi connectivity index (χ0n) is 20.4. The van der Waals surface area contributed by atoms with Gasteiger partial charge in [-0.15, -0.1) is 0 Å². The van der Waals surface area contributed by atoms with Crippen LogP contribution in [0.2, 0.25) is 0 Å². The van der Waals surface area contributed by atoms with Crippen molar-refractivity contribution in [1.82, 2.24) is 0 Å². The van der Waals surface area contributed by atoms with Crippen molar-refractivity contribution >= 4 is 11.9 Å². The zero-order chi connectivity index (χ0) is 23.1. The summed E-state index contributed by atoms with van der Waals surface area (Å²) in [7, 11) is 0. The van der Waals surface area contributed by atoms with Crippen LogP contribution >= 0.6 is 0 Å². The number of cyclic esters (lactones) is 1. The van der Waals surface area contributed by atoms with Crippen molar-refractivity contribution in [2.45, 2.75) is 92.3 Å². The van der Waals surface area contributed by atoms with E-state index < -0.39 is 6.29 Å². The summed E-state index contributed by atoms with van der Waals surface area (Å²) < 4.78 is 10.9. The molecule has 1 saturated heterocycles. The summed E-state index contributed by atoms with van der Waals surface area (Å²) in [5, 5.41) is 10.7. The molecule has 5 rings (SSSR count). The molecule has 0 amide bonds. The van der Waals surface area contributed by atoms with Gasteiger partial charge in [0.1, 0.15) is 0 Å². The number of hydrogen-bond acceptors (Lipinski definition) is 5. The third-order valence-electron chi connectivity index (χ3n) is 11.2. The third kappa shape index (κ3) is 2.85. The maximum Gasteiger partial charge on any atom is 0.336 e. The van der Waals surface area contributed by atoms with Crippen LogP contribution in [0.4, 0.5) is 0 Å². The summed E-state index contributed by atoms with van der Waals surface area (Å²) >= 11 is 0. The Morgan fingerprint density at radius 3 is 2.41 bits per heavy atom. The number of hydrogen-bond donors (Lipinski definition) is 1. The maximum absolute atomic E-state index is 12.3. The second-order valence-electron chi connectivity index (χ2n) is 12.7. The first-order chi connectivity index (χ1) is 15.0. The maximum atomic E-state index is 12.3. The fraction of sp³-hybridized carbons (Fsp3) is 0.852. The van der Waals surface area contributed by atoms with Crippen molar-refractivity contribution < 1.29 is 24.2 Å². The van der Waals surface area contributed by atoms with Gasteiger partial charge in [0.05, 0.1) is 12.5 Å². The molecule has 1 heterocycles. The molecule has 0 radical (unpaired) electrons. The number of carbonyl (C=O) groups is 2. The van der Waals surface area contributed by atoms with E-state index in [1.54, 1.807) is 0 Å². The minimum atomic E-state index is -1.00. The average Bonchev–Trinajstić information content (AvgIpc) is 3.00. The van der Waals surface area contributed by atoms with Crippen molar-refractivity contribution in [3.05, 3.63) is 11.6 Å². The number of fused-ring (bicyclic) bond motifs is 7. The zero-order valence-corrected chi connectivity index (χ0v) is 20.4. The smallest absolute Gasteiger partial charge is 0.336 e. The summed E-state index contributed by atoms with van der Waals surface area (Å²) in [4.78, 5) is 23.9. The summed E-state index contributed by atoms with van der Waals surface area (Å²) in [5.41, 5.74) is 1.05. The van der Waals surface area contributed by atoms with Gasteiger partial charge in [0.2, 0.25) is 6.29 Å². The average molecular weight is 445 g/mol. The van der Waals surface area contributed by atoms with Gasteiger partial charge in [-0.05, 0) is 78.9 Å². The quantitative estimate of drug-likeness (QED) is 0.606. The fourth-order valence-corrected chi connectivity index (χ4v) is 9.97. The molecule has 1 N–H and O–H groups in total. The first-order valence-electron chi connectivity index (χ1n) is 12.7. The topological polar surface area (TPSA) is 72.8 Å². The highest BCUT2D eigenvalue weighted by Crippen LogP contribution is 2.73. The minimum absolute atomic E-state index is 0.0439. The van der Waals surface area contributed by atoms with Gasteiger partial charge in [-0.25, -0.2) is 4.79 Å². The Labute approximate surface area is 192 Å². The number of rotatable bonds is 2. The van der Waals surface area contributed by atoms with Crippen LogP contribution < -0.4 is 0 Å². The number of carbonyl (C=O) groups excluding carboxylic acids is 2. The lowest BCUT2D eigenvalue weighted by atomic mass is 9.35. The molecule has 0 aromatic rings. The first-order valence-corrected chi connectivity index (χ1v) is 12.7. The molecule has 0 spiro atoms. The Morgan fingerprint density at radius 2 is 1.69 bits per heavy atom. The predicted octanol–water partition coefficient (Wildman–Crippen LogP) is 5.02. The van der Waals surface area contributed by atoms with Gasteiger partial charge in [0, 0.05) is 17.9 Å². The number of ether oxygens (including phenoxy) is 2. The molecular formula is C27H40O5. The highest BCUT2D eigenvalue weighted by molar-refractivity contribution is 5.91. The van der Waals surface area contributed by atoms with Crippen molar-refractivity contribution in [2.24, 2.45) is 45.3 Å². The van der Waals surface area contributed by atoms with E-state index >= 15 is 0 Å². The number of aliphatic hydroxyl groups is 1. The third-order valence-corrected chi connectivity index (χ3v) is 11.2. The van der Waals surface area contributed by atoms with Crippen LogP contribution in [0.3, 0.4) is 0 Å². The molecule has 0 aromatic carbocycles. The molecule has 0 bridgehead atoms. The van der Waals surface area contributed by atoms with Crippen LogP contribution in [0.1, 0.15) is 86.0 Å². The van der Waals surface area contributed by atoms with Crippen molar-refractivity contribution in [3.8, 4) is 0 Å². The van der Waals surface area contributed by atoms with E-state index in [1.165, 1.54) is 19.8 Å². The van der Waals surface area contributed by atoms with E-state index in [0.29, 0.717) is 29.9 Å². The van der Waals surface area contributed by atoms with Crippen LogP contribution in [0.5, 0.6) is 0 Å². The van der Waals surface area contributed by atoms with Crippen LogP contribution in [0.15, 0.2) is 11.6 Å². The van der Waals surface area contributed by atoms with Crippen molar-refractivity contribution in [2.75, 3.05) is 6.61 Å². The van der Waals surface area contributed by atoms with Gasteiger partial charge in [-0.1, -0.05) is 40.2 Å². The summed E-state index contributed by atoms with van der Waals surface area (Å²) in [6.45, 7) is 11.7. The fourth-order valence-electron chi connectivity index (χ4n) is 9.97. The lowest BCUT2D eigenvalue weighted by Crippen LogP contribution is -2.63. The van der Waals surface area contributed by atoms with Gasteiger partial charge < -0.3 is 14.6 Å². The van der Waals surface area contributed by atoms with E-state index in [1.807, 2.05) is 0 Å². The molecule has 1 aliphatic heterocycles. The largest absolute Gasteiger partial charge is 0.465 e. The standard InChI is InChI=1S/C27H40O5/c1-16(28)31-15-24(2)11-6-12-25(3)18(24)9-13-26(4)19-8-7-17-21(23(30)32-22(17)29)27(19,5)14-10-20(25)26/h7,18-21,23,30H,6,8-15H2,1-5H3/t18-,19-,20+,21+,23+,24-,25-,26-,27-/m0/s1. The monoisotopic (exact) mass is 444 g/mol. The van der Waals surface area contributed by atoms with Gasteiger partial charge in [-0.3, -0.25) is 4.79 Å². The molecule has 5 heteroatoms. The number of esters is 2. The summed E-state index contributed by atoms with van der Waals surface area (Å²) in [6.07, 6.45) is 10.0. The highest BCUT2D eigenvalue weighted by atomic mass is 16.6. The van der Waals surface area contributed by atoms with Crippen LogP contribution in [0.25, 0.3) is 0 Å². The van der Waals surface area contributed by atoms with Crippen LogP contribution in [-0.2, 0) is 19.1 Å². The van der Waals surface area contributed by atoms with Gasteiger partial charge in [0.25, 0.3) is 0 Å². The first kappa shape index (κ1) is 22.4. The Morgan fingerprint density at radius 1 is 1.03 bits per heavy atom. The molecule has 0 aromatic heterocycles. The minimum Gasteiger partial charge on any atom is -0.465 e. The van der Waals surface area contributed by atoms with Crippen LogP contribution in [0, 0.1) is 45.3 Å². The Kier molecular flexibility index (Phi) is 4.96. The molecule has 178 valence electrons. The van der Waals surface area contributed by atoms with Gasteiger partial charge in [-0.2, -0.15) is 0 Å². The Balaban J connectivity index is 1.49. The van der Waals surface area contributed by atoms with E-state index in [-0.39, 0.29) is 39.5 Å². The molecule has 3 saturated carbocycles. The van der Waals surface area contributed by atoms with E-state index in [2.05, 4.69) is 33.8 Å². The SMILES string of the molecule is CC(=O)OC[C@]1(C)CCC[C@]2(C)[C@H]3CC[C@@]4(C)[C@@H](CC=C5C(=O)O[C@@H](O)[C@@H]54)[C@]3(C)CC[C@@H]12. The van der Waals surface area contributed by atoms with E-state index in [0.717, 1.165) is 38.5 Å². The lowest BCUT2D eigenvalue weighted by molar-refractivity contribution is -0.219. The molecule has 32 heavy (non-hydrogen) atoms. The Hall–Kier alpha value is -1.36. The van der Waals surface area contributed by atoms with Crippen LogP contribution in [-0.4, -0.2) is 29.9 Å². The van der Waals surface area contributed by atoms with E-state index in [4.69, 9.17) is 9.47 Å². The number of aliphatic hydroxyl groups excluding tert-OH is 1. The molecule has 4 aliphatic carbocycles. The molecule has 9 atom stereocenters. The van der Waals surface area contributed by atoms with Gasteiger partial charge >= 0.3 is 11.9 Å². The predicted molar refractivity (Wildman–Crippen MR) is 120 cm³/mol. The summed E-state index contributed by atoms with van der Waals surface area (Å²) in [6, 6.07) is 0. The second kappa shape index (κ2) is 7.07. The number of allylic oxidation sites excluding steroid dienone is 1. The van der Waals surface area contributed by atoms with Gasteiger partial charge in [0.15, 0.2) is 0 Å². The van der Waals surface area contributed by atoms with E-state index in [9.17, 15) is 14.7 Å². The van der Waals surface area contributed by atoms with Crippen molar-refractivity contribution in [3.63, 3.8) is 0 Å². The molecule has 4 fully saturated rings. The normalized spacial score (nSPS) is 52.0. The molecular weight excluding hydrogens is 404 g/mol. The molecule has 5 aliphatic rings. The molecule has 0 unspecified atom stereocenters. The second-order valence-corrected chi connectivity index (χ2v) is 12.7. The summed E-state index contributed by atoms with van der Waals surface area (Å²) in [5.74, 6) is 0.905.